The molecule has 1 N–H and O–H groups in total. The van der Waals surface area contributed by atoms with Gasteiger partial charge in [0.25, 0.3) is 0 Å². The van der Waals surface area contributed by atoms with Crippen LogP contribution in [0.5, 0.6) is 0 Å². The first-order valence-electron chi connectivity index (χ1n) is 4.37. The Morgan fingerprint density at radius 3 is 2.73 bits per heavy atom. The van der Waals surface area contributed by atoms with Gasteiger partial charge in [-0.15, -0.1) is 0 Å². The number of Topliss-reactive ketones (excluding diaryl/α,β-unsaturated/α-hetero) is 1. The minimum Gasteiger partial charge on any atom is -0.311 e. The third kappa shape index (κ3) is 2.62. The molecule has 1 fully saturated rings. The molecule has 1 unspecified atom stereocenters. The van der Waals surface area contributed by atoms with Crippen LogP contribution in [0.4, 0.5) is 0 Å². The van der Waals surface area contributed by atoms with E-state index in [2.05, 4.69) is 12.2 Å². The second-order valence-electron chi connectivity index (χ2n) is 3.82. The molecule has 0 aliphatic carbocycles. The van der Waals surface area contributed by atoms with E-state index in [-0.39, 0.29) is 5.54 Å². The van der Waals surface area contributed by atoms with Crippen LogP contribution in [0.25, 0.3) is 0 Å². The molecule has 0 radical (unpaired) electrons. The van der Waals surface area contributed by atoms with Crippen LogP contribution < -0.4 is 5.32 Å². The van der Waals surface area contributed by atoms with Gasteiger partial charge >= 0.3 is 0 Å². The topological polar surface area (TPSA) is 29.1 Å². The van der Waals surface area contributed by atoms with E-state index in [1.54, 1.807) is 6.92 Å². The van der Waals surface area contributed by atoms with E-state index in [1.165, 1.54) is 12.8 Å². The molecule has 0 spiro atoms. The summed E-state index contributed by atoms with van der Waals surface area (Å²) in [5, 5.41) is 3.41. The standard InChI is InChI=1S/C9H17NO/c1-8(11)7-9(2)5-3-4-6-10-9/h10H,3-7H2,1-2H3. The predicted molar refractivity (Wildman–Crippen MR) is 45.6 cm³/mol. The molecule has 0 aromatic rings. The second-order valence-corrected chi connectivity index (χ2v) is 3.82. The summed E-state index contributed by atoms with van der Waals surface area (Å²) < 4.78 is 0. The Labute approximate surface area is 68.4 Å². The van der Waals surface area contributed by atoms with Crippen LogP contribution in [0.2, 0.25) is 0 Å². The maximum Gasteiger partial charge on any atom is 0.131 e. The second kappa shape index (κ2) is 3.35. The van der Waals surface area contributed by atoms with Crippen LogP contribution in [0.1, 0.15) is 39.5 Å². The van der Waals surface area contributed by atoms with Crippen LogP contribution in [0, 0.1) is 0 Å². The average molecular weight is 155 g/mol. The number of hydrogen-bond acceptors (Lipinski definition) is 2. The molecule has 0 saturated carbocycles. The third-order valence-electron chi connectivity index (χ3n) is 2.35. The summed E-state index contributed by atoms with van der Waals surface area (Å²) in [5.74, 6) is 0.293. The van der Waals surface area contributed by atoms with Crippen LogP contribution in [-0.4, -0.2) is 17.9 Å². The van der Waals surface area contributed by atoms with Crippen LogP contribution in [0.3, 0.4) is 0 Å². The zero-order valence-electron chi connectivity index (χ0n) is 7.44. The summed E-state index contributed by atoms with van der Waals surface area (Å²) in [4.78, 5) is 10.9. The van der Waals surface area contributed by atoms with Gasteiger partial charge in [-0.25, -0.2) is 0 Å². The Morgan fingerprint density at radius 1 is 1.55 bits per heavy atom. The molecule has 64 valence electrons. The first kappa shape index (κ1) is 8.72. The first-order chi connectivity index (χ1) is 5.12. The molecule has 2 heteroatoms. The highest BCUT2D eigenvalue weighted by atomic mass is 16.1. The smallest absolute Gasteiger partial charge is 0.131 e. The highest BCUT2D eigenvalue weighted by molar-refractivity contribution is 5.76. The van der Waals surface area contributed by atoms with Gasteiger partial charge in [-0.3, -0.25) is 4.79 Å². The maximum atomic E-state index is 10.9. The van der Waals surface area contributed by atoms with Crippen molar-refractivity contribution in [2.75, 3.05) is 6.54 Å². The molecule has 1 saturated heterocycles. The Morgan fingerprint density at radius 2 is 2.27 bits per heavy atom. The normalized spacial score (nSPS) is 31.8. The average Bonchev–Trinajstić information content (AvgIpc) is 1.85. The van der Waals surface area contributed by atoms with Gasteiger partial charge in [-0.1, -0.05) is 6.42 Å². The quantitative estimate of drug-likeness (QED) is 0.654. The van der Waals surface area contributed by atoms with Crippen LogP contribution in [0.15, 0.2) is 0 Å². The van der Waals surface area contributed by atoms with Crippen molar-refractivity contribution in [1.82, 2.24) is 5.32 Å². The number of ketones is 1. The van der Waals surface area contributed by atoms with E-state index in [9.17, 15) is 4.79 Å². The van der Waals surface area contributed by atoms with Crippen LogP contribution >= 0.6 is 0 Å². The Kier molecular flexibility index (Phi) is 2.66. The highest BCUT2D eigenvalue weighted by Gasteiger charge is 2.26. The van der Waals surface area contributed by atoms with Gasteiger partial charge in [0, 0.05) is 12.0 Å². The number of carbonyl (C=O) groups is 1. The fourth-order valence-corrected chi connectivity index (χ4v) is 1.82. The van der Waals surface area contributed by atoms with Crippen LogP contribution in [-0.2, 0) is 4.79 Å². The van der Waals surface area contributed by atoms with E-state index in [4.69, 9.17) is 0 Å². The molecular formula is C9H17NO. The molecule has 2 nitrogen and oxygen atoms in total. The van der Waals surface area contributed by atoms with E-state index in [1.807, 2.05) is 0 Å². The Bertz CT molecular complexity index is 148. The summed E-state index contributed by atoms with van der Waals surface area (Å²) in [7, 11) is 0. The first-order valence-corrected chi connectivity index (χ1v) is 4.37. The zero-order valence-corrected chi connectivity index (χ0v) is 7.44. The Hall–Kier alpha value is -0.370. The van der Waals surface area contributed by atoms with Crippen molar-refractivity contribution in [3.63, 3.8) is 0 Å². The maximum absolute atomic E-state index is 10.9. The molecule has 0 bridgehead atoms. The van der Waals surface area contributed by atoms with E-state index in [0.717, 1.165) is 13.0 Å². The lowest BCUT2D eigenvalue weighted by Crippen LogP contribution is -2.47. The van der Waals surface area contributed by atoms with Crippen molar-refractivity contribution in [2.24, 2.45) is 0 Å². The zero-order chi connectivity index (χ0) is 8.32. The number of carbonyl (C=O) groups excluding carboxylic acids is 1. The third-order valence-corrected chi connectivity index (χ3v) is 2.35. The largest absolute Gasteiger partial charge is 0.311 e. The molecule has 0 amide bonds. The van der Waals surface area contributed by atoms with Crippen molar-refractivity contribution in [2.45, 2.75) is 45.1 Å². The minimum absolute atomic E-state index is 0.101. The Balaban J connectivity index is 2.43. The van der Waals surface area contributed by atoms with E-state index >= 15 is 0 Å². The molecule has 11 heavy (non-hydrogen) atoms. The summed E-state index contributed by atoms with van der Waals surface area (Å²) in [6.45, 7) is 4.89. The predicted octanol–water partition coefficient (Wildman–Crippen LogP) is 1.50. The SMILES string of the molecule is CC(=O)CC1(C)CCCCN1. The molecule has 1 atom stereocenters. The number of hydrogen-bond donors (Lipinski definition) is 1. The number of nitrogens with one attached hydrogen (secondary N) is 1. The number of rotatable bonds is 2. The summed E-state index contributed by atoms with van der Waals surface area (Å²) in [6, 6.07) is 0. The fourth-order valence-electron chi connectivity index (χ4n) is 1.82. The van der Waals surface area contributed by atoms with Gasteiger partial charge in [-0.2, -0.15) is 0 Å². The summed E-state index contributed by atoms with van der Waals surface area (Å²) >= 11 is 0. The highest BCUT2D eigenvalue weighted by Crippen LogP contribution is 2.21. The lowest BCUT2D eigenvalue weighted by Gasteiger charge is -2.34. The monoisotopic (exact) mass is 155 g/mol. The lowest BCUT2D eigenvalue weighted by atomic mass is 9.86. The molecule has 0 aromatic heterocycles. The van der Waals surface area contributed by atoms with Gasteiger partial charge in [0.2, 0.25) is 0 Å². The van der Waals surface area contributed by atoms with Crippen molar-refractivity contribution >= 4 is 5.78 Å². The van der Waals surface area contributed by atoms with Crippen molar-refractivity contribution in [3.8, 4) is 0 Å². The van der Waals surface area contributed by atoms with Crippen molar-refractivity contribution < 1.29 is 4.79 Å². The number of piperidine rings is 1. The summed E-state index contributed by atoms with van der Waals surface area (Å²) in [5.41, 5.74) is 0.101. The molecular weight excluding hydrogens is 138 g/mol. The molecule has 1 aliphatic heterocycles. The van der Waals surface area contributed by atoms with E-state index < -0.39 is 0 Å². The van der Waals surface area contributed by atoms with Gasteiger partial charge in [0.1, 0.15) is 5.78 Å². The van der Waals surface area contributed by atoms with E-state index in [0.29, 0.717) is 12.2 Å². The van der Waals surface area contributed by atoms with Gasteiger partial charge in [0.05, 0.1) is 0 Å². The summed E-state index contributed by atoms with van der Waals surface area (Å²) in [6.07, 6.45) is 4.35. The molecule has 0 aromatic carbocycles. The van der Waals surface area contributed by atoms with Crippen molar-refractivity contribution in [1.29, 1.82) is 0 Å². The molecule has 1 rings (SSSR count). The minimum atomic E-state index is 0.101. The van der Waals surface area contributed by atoms with Gasteiger partial charge in [-0.05, 0) is 33.2 Å². The van der Waals surface area contributed by atoms with Crippen molar-refractivity contribution in [3.05, 3.63) is 0 Å². The molecule has 1 aliphatic rings. The van der Waals surface area contributed by atoms with Gasteiger partial charge < -0.3 is 5.32 Å². The molecule has 1 heterocycles. The fraction of sp³-hybridized carbons (Fsp3) is 0.889. The lowest BCUT2D eigenvalue weighted by molar-refractivity contribution is -0.118. The van der Waals surface area contributed by atoms with Gasteiger partial charge in [0.15, 0.2) is 0 Å².